The number of hydrogen-bond acceptors (Lipinski definition) is 2. The van der Waals surface area contributed by atoms with E-state index in [1.807, 2.05) is 0 Å². The zero-order chi connectivity index (χ0) is 27.7. The lowest BCUT2D eigenvalue weighted by molar-refractivity contribution is -0.414. The Hall–Kier alpha value is -1.37. The molecule has 2 fully saturated rings. The molecule has 0 heterocycles. The van der Waals surface area contributed by atoms with E-state index in [2.05, 4.69) is 11.7 Å². The molecule has 14 heteroatoms. The standard InChI is InChI=1S/C22H28F12O2/c1-2-12-3-5-13(6-4-12)14-7-9-15(10-8-14)16(35)36-11-18(25,26)20(29,30)22(33,34)21(31,32)19(27,28)17(23)24/h12-15,17H,2-11H2,1H3. The van der Waals surface area contributed by atoms with Crippen LogP contribution >= 0.6 is 0 Å². The summed E-state index contributed by atoms with van der Waals surface area (Å²) in [5.41, 5.74) is 0. The summed E-state index contributed by atoms with van der Waals surface area (Å²) in [5, 5.41) is 0. The van der Waals surface area contributed by atoms with Crippen LogP contribution in [0.3, 0.4) is 0 Å². The number of halogens is 12. The maximum atomic E-state index is 13.8. The Labute approximate surface area is 200 Å². The molecule has 36 heavy (non-hydrogen) atoms. The SMILES string of the molecule is CCC1CCC(C2CCC(C(=O)OCC(F)(F)C(F)(F)C(F)(F)C(F)(F)C(F)(F)C(F)F)CC2)CC1. The molecule has 2 nitrogen and oxygen atoms in total. The summed E-state index contributed by atoms with van der Waals surface area (Å²) < 4.78 is 163. The smallest absolute Gasteiger partial charge is 0.384 e. The quantitative estimate of drug-likeness (QED) is 0.203. The maximum absolute atomic E-state index is 13.8. The molecule has 212 valence electrons. The Balaban J connectivity index is 1.98. The second kappa shape index (κ2) is 10.8. The van der Waals surface area contributed by atoms with E-state index >= 15 is 0 Å². The van der Waals surface area contributed by atoms with E-state index in [0.717, 1.165) is 32.1 Å². The Kier molecular flexibility index (Phi) is 9.24. The van der Waals surface area contributed by atoms with Crippen molar-refractivity contribution in [1.82, 2.24) is 0 Å². The van der Waals surface area contributed by atoms with Gasteiger partial charge in [0.1, 0.15) is 0 Å². The number of hydrogen-bond donors (Lipinski definition) is 0. The Bertz CT molecular complexity index is 739. The number of carbonyl (C=O) groups is 1. The van der Waals surface area contributed by atoms with Gasteiger partial charge in [0, 0.05) is 0 Å². The van der Waals surface area contributed by atoms with Crippen molar-refractivity contribution in [3.05, 3.63) is 0 Å². The maximum Gasteiger partial charge on any atom is 0.384 e. The van der Waals surface area contributed by atoms with Gasteiger partial charge in [-0.05, 0) is 56.3 Å². The summed E-state index contributed by atoms with van der Waals surface area (Å²) in [6.45, 7) is -0.724. The Morgan fingerprint density at radius 3 is 1.58 bits per heavy atom. The van der Waals surface area contributed by atoms with Crippen LogP contribution in [0.15, 0.2) is 0 Å². The van der Waals surface area contributed by atoms with Crippen molar-refractivity contribution in [2.75, 3.05) is 6.61 Å². The average molecular weight is 552 g/mol. The zero-order valence-corrected chi connectivity index (χ0v) is 19.3. The van der Waals surface area contributed by atoms with Gasteiger partial charge in [-0.2, -0.15) is 43.9 Å². The highest BCUT2D eigenvalue weighted by Crippen LogP contribution is 2.58. The zero-order valence-electron chi connectivity index (χ0n) is 19.3. The molecule has 0 aromatic heterocycles. The second-order valence-corrected chi connectivity index (χ2v) is 9.76. The molecule has 0 aliphatic heterocycles. The van der Waals surface area contributed by atoms with Crippen LogP contribution in [0.25, 0.3) is 0 Å². The van der Waals surface area contributed by atoms with E-state index in [4.69, 9.17) is 0 Å². The number of ether oxygens (including phenoxy) is 1. The van der Waals surface area contributed by atoms with Crippen molar-refractivity contribution in [2.24, 2.45) is 23.7 Å². The summed E-state index contributed by atoms with van der Waals surface area (Å²) in [5.74, 6) is -36.9. The molecular weight excluding hydrogens is 524 g/mol. The lowest BCUT2D eigenvalue weighted by Crippen LogP contribution is -2.69. The molecule has 0 bridgehead atoms. The monoisotopic (exact) mass is 552 g/mol. The lowest BCUT2D eigenvalue weighted by Gasteiger charge is -2.39. The van der Waals surface area contributed by atoms with Gasteiger partial charge in [0.25, 0.3) is 0 Å². The Morgan fingerprint density at radius 2 is 1.17 bits per heavy atom. The molecule has 0 spiro atoms. The van der Waals surface area contributed by atoms with Crippen LogP contribution in [-0.2, 0) is 9.53 Å². The van der Waals surface area contributed by atoms with Crippen molar-refractivity contribution in [3.63, 3.8) is 0 Å². The fourth-order valence-electron chi connectivity index (χ4n) is 5.04. The predicted molar refractivity (Wildman–Crippen MR) is 103 cm³/mol. The molecule has 2 saturated carbocycles. The molecule has 2 aliphatic rings. The molecule has 0 unspecified atom stereocenters. The molecule has 0 aromatic rings. The van der Waals surface area contributed by atoms with Crippen LogP contribution in [0.2, 0.25) is 0 Å². The minimum Gasteiger partial charge on any atom is -0.459 e. The third-order valence-corrected chi connectivity index (χ3v) is 7.58. The van der Waals surface area contributed by atoms with Crippen molar-refractivity contribution < 1.29 is 62.2 Å². The molecule has 0 radical (unpaired) electrons. The third kappa shape index (κ3) is 5.56. The van der Waals surface area contributed by atoms with Crippen LogP contribution < -0.4 is 0 Å². The van der Waals surface area contributed by atoms with Gasteiger partial charge in [-0.1, -0.05) is 26.2 Å². The van der Waals surface area contributed by atoms with Crippen molar-refractivity contribution in [3.8, 4) is 0 Å². The minimum atomic E-state index is -7.62. The molecule has 0 saturated heterocycles. The van der Waals surface area contributed by atoms with Crippen molar-refractivity contribution >= 4 is 5.97 Å². The number of rotatable bonds is 10. The first-order valence-electron chi connectivity index (χ1n) is 11.7. The second-order valence-electron chi connectivity index (χ2n) is 9.76. The van der Waals surface area contributed by atoms with Crippen LogP contribution in [0.1, 0.15) is 64.7 Å². The summed E-state index contributed by atoms with van der Waals surface area (Å²) in [6, 6.07) is 0. The van der Waals surface area contributed by atoms with Crippen LogP contribution in [0, 0.1) is 23.7 Å². The highest BCUT2D eigenvalue weighted by atomic mass is 19.4. The topological polar surface area (TPSA) is 26.3 Å². The lowest BCUT2D eigenvalue weighted by atomic mass is 9.69. The minimum absolute atomic E-state index is 0.147. The van der Waals surface area contributed by atoms with E-state index < -0.39 is 54.5 Å². The third-order valence-electron chi connectivity index (χ3n) is 7.58. The summed E-state index contributed by atoms with van der Waals surface area (Å²) in [6.07, 6.45) is 0.985. The first kappa shape index (κ1) is 30.9. The normalized spacial score (nSPS) is 27.3. The van der Waals surface area contributed by atoms with Gasteiger partial charge in [0.05, 0.1) is 5.92 Å². The van der Waals surface area contributed by atoms with Crippen molar-refractivity contribution in [1.29, 1.82) is 0 Å². The first-order valence-corrected chi connectivity index (χ1v) is 11.7. The van der Waals surface area contributed by atoms with Gasteiger partial charge in [0.2, 0.25) is 0 Å². The summed E-state index contributed by atoms with van der Waals surface area (Å²) in [7, 11) is 0. The van der Waals surface area contributed by atoms with Gasteiger partial charge in [0.15, 0.2) is 6.61 Å². The fraction of sp³-hybridized carbons (Fsp3) is 0.955. The van der Waals surface area contributed by atoms with Gasteiger partial charge in [-0.25, -0.2) is 8.78 Å². The van der Waals surface area contributed by atoms with Gasteiger partial charge >= 0.3 is 42.0 Å². The molecule has 0 atom stereocenters. The van der Waals surface area contributed by atoms with E-state index in [9.17, 15) is 57.5 Å². The molecule has 0 aromatic carbocycles. The number of esters is 1. The van der Waals surface area contributed by atoms with Gasteiger partial charge in [-0.15, -0.1) is 0 Å². The highest BCUT2D eigenvalue weighted by molar-refractivity contribution is 5.72. The molecule has 0 N–H and O–H groups in total. The summed E-state index contributed by atoms with van der Waals surface area (Å²) in [4.78, 5) is 12.1. The van der Waals surface area contributed by atoms with Crippen LogP contribution in [-0.4, -0.2) is 48.6 Å². The first-order chi connectivity index (χ1) is 16.3. The van der Waals surface area contributed by atoms with E-state index in [-0.39, 0.29) is 18.8 Å². The predicted octanol–water partition coefficient (Wildman–Crippen LogP) is 7.99. The van der Waals surface area contributed by atoms with E-state index in [1.54, 1.807) is 0 Å². The highest BCUT2D eigenvalue weighted by Gasteiger charge is 2.87. The molecule has 0 amide bonds. The largest absolute Gasteiger partial charge is 0.459 e. The van der Waals surface area contributed by atoms with E-state index in [1.165, 1.54) is 0 Å². The van der Waals surface area contributed by atoms with E-state index in [0.29, 0.717) is 24.7 Å². The molecule has 2 rings (SSSR count). The fourth-order valence-corrected chi connectivity index (χ4v) is 5.04. The van der Waals surface area contributed by atoms with Gasteiger partial charge in [-0.3, -0.25) is 4.79 Å². The average Bonchev–Trinajstić information content (AvgIpc) is 2.82. The van der Waals surface area contributed by atoms with Crippen LogP contribution in [0.5, 0.6) is 0 Å². The molecule has 2 aliphatic carbocycles. The number of carbonyl (C=O) groups excluding carboxylic acids is 1. The van der Waals surface area contributed by atoms with Crippen LogP contribution in [0.4, 0.5) is 52.7 Å². The Morgan fingerprint density at radius 1 is 0.722 bits per heavy atom. The summed E-state index contributed by atoms with van der Waals surface area (Å²) >= 11 is 0. The number of alkyl halides is 12. The van der Waals surface area contributed by atoms with Crippen molar-refractivity contribution in [2.45, 2.75) is 101 Å². The molecular formula is C22H28F12O2. The van der Waals surface area contributed by atoms with Gasteiger partial charge < -0.3 is 4.74 Å².